The summed E-state index contributed by atoms with van der Waals surface area (Å²) in [7, 11) is 0. The Balaban J connectivity index is 1.23. The van der Waals surface area contributed by atoms with E-state index < -0.39 is 11.6 Å². The second-order valence-electron chi connectivity index (χ2n) is 12.9. The molecule has 9 heteroatoms. The van der Waals surface area contributed by atoms with Gasteiger partial charge in [-0.25, -0.2) is 18.8 Å². The molecule has 3 saturated carbocycles. The lowest BCUT2D eigenvalue weighted by molar-refractivity contribution is -0.108. The van der Waals surface area contributed by atoms with Crippen LogP contribution >= 0.6 is 0 Å². The van der Waals surface area contributed by atoms with E-state index in [1.807, 2.05) is 12.1 Å². The third-order valence-corrected chi connectivity index (χ3v) is 9.99. The monoisotopic (exact) mass is 562 g/mol. The molecule has 4 aliphatic rings. The topological polar surface area (TPSA) is 74.5 Å². The Morgan fingerprint density at radius 2 is 2.00 bits per heavy atom. The Morgan fingerprint density at radius 1 is 1.17 bits per heavy atom. The highest BCUT2D eigenvalue weighted by Gasteiger charge is 2.56. The van der Waals surface area contributed by atoms with E-state index in [2.05, 4.69) is 48.2 Å². The van der Waals surface area contributed by atoms with Gasteiger partial charge in [0.1, 0.15) is 11.6 Å². The van der Waals surface area contributed by atoms with Crippen LogP contribution in [0, 0.1) is 34.8 Å². The van der Waals surface area contributed by atoms with Crippen molar-refractivity contribution in [1.82, 2.24) is 19.8 Å². The minimum Gasteiger partial charge on any atom is -0.340 e. The first kappa shape index (κ1) is 27.8. The van der Waals surface area contributed by atoms with Crippen LogP contribution in [0.15, 0.2) is 52.5 Å². The number of guanidine groups is 1. The summed E-state index contributed by atoms with van der Waals surface area (Å²) in [6.45, 7) is 12.3. The molecular formula is C32H40F2N6O. The lowest BCUT2D eigenvalue weighted by Gasteiger charge is -2.61. The molecule has 3 aromatic rings. The molecule has 7 nitrogen and oxygen atoms in total. The number of rotatable bonds is 5. The van der Waals surface area contributed by atoms with E-state index in [1.165, 1.54) is 29.4 Å². The largest absolute Gasteiger partial charge is 0.340 e. The Hall–Kier alpha value is -3.33. The van der Waals surface area contributed by atoms with Crippen molar-refractivity contribution < 1.29 is 8.78 Å². The summed E-state index contributed by atoms with van der Waals surface area (Å²) >= 11 is 0. The van der Waals surface area contributed by atoms with Gasteiger partial charge < -0.3 is 15.5 Å². The number of hydrogen-bond donors (Lipinski definition) is 2. The number of aryl methyl sites for hydroxylation is 2. The van der Waals surface area contributed by atoms with Gasteiger partial charge in [-0.1, -0.05) is 26.8 Å². The molecule has 3 aliphatic carbocycles. The summed E-state index contributed by atoms with van der Waals surface area (Å²) in [5.74, 6) is 1.64. The van der Waals surface area contributed by atoms with E-state index in [9.17, 15) is 13.6 Å². The minimum absolute atomic E-state index is 0.188. The van der Waals surface area contributed by atoms with E-state index >= 15 is 0 Å². The number of nitrogens with one attached hydrogen (secondary N) is 2. The van der Waals surface area contributed by atoms with Crippen LogP contribution in [0.4, 0.5) is 14.5 Å². The molecule has 4 fully saturated rings. The summed E-state index contributed by atoms with van der Waals surface area (Å²) < 4.78 is 28.8. The molecule has 0 amide bonds. The standard InChI is InChI=1S/C32H40F2N6O/c1-19-17-39(12-10-35-19)31(38-28-14-22-13-26(20(28)2)32(22,3)4)37-24-7-8-25-29(16-24)36-18-40(30(25)41)11-9-21-5-6-23(33)15-27(21)34/h5-8,15-16,18-20,22,26,28,35H,9-14,17H2,1-4H3,(H,37,38)/t19-,20-,22+,26-,28?/m0/s1. The maximum absolute atomic E-state index is 14.1. The van der Waals surface area contributed by atoms with E-state index in [1.54, 1.807) is 6.07 Å². The van der Waals surface area contributed by atoms with Crippen LogP contribution in [-0.4, -0.2) is 52.1 Å². The Labute approximate surface area is 240 Å². The molecule has 5 atom stereocenters. The summed E-state index contributed by atoms with van der Waals surface area (Å²) in [4.78, 5) is 25.4. The van der Waals surface area contributed by atoms with E-state index in [4.69, 9.17) is 4.99 Å². The zero-order valence-electron chi connectivity index (χ0n) is 24.3. The Morgan fingerprint density at radius 3 is 2.73 bits per heavy atom. The average molecular weight is 563 g/mol. The van der Waals surface area contributed by atoms with Crippen molar-refractivity contribution in [2.75, 3.05) is 25.0 Å². The predicted molar refractivity (Wildman–Crippen MR) is 159 cm³/mol. The number of benzene rings is 2. The number of piperazine rings is 1. The van der Waals surface area contributed by atoms with Crippen molar-refractivity contribution in [3.05, 3.63) is 70.3 Å². The van der Waals surface area contributed by atoms with Crippen molar-refractivity contribution in [3.8, 4) is 0 Å². The van der Waals surface area contributed by atoms with Crippen LogP contribution < -0.4 is 16.2 Å². The molecule has 0 radical (unpaired) electrons. The molecule has 2 aromatic carbocycles. The maximum atomic E-state index is 14.1. The van der Waals surface area contributed by atoms with Crippen molar-refractivity contribution in [2.24, 2.45) is 28.2 Å². The quantitative estimate of drug-likeness (QED) is 0.336. The number of fused-ring (bicyclic) bond motifs is 3. The Bertz CT molecular complexity index is 1530. The molecule has 1 aromatic heterocycles. The normalized spacial score (nSPS) is 27.5. The van der Waals surface area contributed by atoms with Crippen LogP contribution in [0.2, 0.25) is 0 Å². The van der Waals surface area contributed by atoms with Crippen LogP contribution in [0.5, 0.6) is 0 Å². The minimum atomic E-state index is -0.617. The molecule has 2 bridgehead atoms. The fraction of sp³-hybridized carbons (Fsp3) is 0.531. The van der Waals surface area contributed by atoms with Crippen LogP contribution in [0.25, 0.3) is 10.9 Å². The Kier molecular flexibility index (Phi) is 7.34. The van der Waals surface area contributed by atoms with E-state index in [0.29, 0.717) is 39.8 Å². The van der Waals surface area contributed by atoms with Gasteiger partial charge >= 0.3 is 0 Å². The van der Waals surface area contributed by atoms with Gasteiger partial charge in [0.15, 0.2) is 5.96 Å². The molecule has 1 unspecified atom stereocenters. The smallest absolute Gasteiger partial charge is 0.261 e. The highest BCUT2D eigenvalue weighted by atomic mass is 19.1. The first-order chi connectivity index (χ1) is 19.6. The second-order valence-corrected chi connectivity index (χ2v) is 12.9. The van der Waals surface area contributed by atoms with Gasteiger partial charge in [-0.05, 0) is 79.2 Å². The lowest BCUT2D eigenvalue weighted by atomic mass is 9.45. The zero-order valence-corrected chi connectivity index (χ0v) is 24.3. The van der Waals surface area contributed by atoms with Gasteiger partial charge in [-0.3, -0.25) is 9.36 Å². The number of nitrogens with zero attached hydrogens (tertiary/aromatic N) is 4. The van der Waals surface area contributed by atoms with Gasteiger partial charge in [0.05, 0.1) is 23.3 Å². The average Bonchev–Trinajstić information content (AvgIpc) is 2.94. The summed E-state index contributed by atoms with van der Waals surface area (Å²) in [5.41, 5.74) is 2.01. The molecule has 218 valence electrons. The molecule has 41 heavy (non-hydrogen) atoms. The maximum Gasteiger partial charge on any atom is 0.261 e. The fourth-order valence-corrected chi connectivity index (χ4v) is 7.26. The lowest BCUT2D eigenvalue weighted by Crippen LogP contribution is -2.57. The third-order valence-electron chi connectivity index (χ3n) is 9.99. The first-order valence-corrected chi connectivity index (χ1v) is 14.9. The number of aromatic nitrogens is 2. The number of hydrogen-bond acceptors (Lipinski definition) is 4. The number of aliphatic imine (C=N–C) groups is 1. The van der Waals surface area contributed by atoms with Crippen LogP contribution in [-0.2, 0) is 13.0 Å². The number of anilines is 1. The van der Waals surface area contributed by atoms with E-state index in [-0.39, 0.29) is 24.6 Å². The van der Waals surface area contributed by atoms with Crippen molar-refractivity contribution in [3.63, 3.8) is 0 Å². The van der Waals surface area contributed by atoms with Gasteiger partial charge in [-0.2, -0.15) is 0 Å². The highest BCUT2D eigenvalue weighted by Crippen LogP contribution is 2.61. The molecular weight excluding hydrogens is 522 g/mol. The second kappa shape index (κ2) is 10.8. The zero-order chi connectivity index (χ0) is 28.9. The molecule has 1 aliphatic heterocycles. The predicted octanol–water partition coefficient (Wildman–Crippen LogP) is 5.05. The summed E-state index contributed by atoms with van der Waals surface area (Å²) in [6.07, 6.45) is 4.21. The summed E-state index contributed by atoms with van der Waals surface area (Å²) in [6, 6.07) is 9.75. The van der Waals surface area contributed by atoms with E-state index in [0.717, 1.165) is 49.7 Å². The van der Waals surface area contributed by atoms with Crippen LogP contribution in [0.3, 0.4) is 0 Å². The van der Waals surface area contributed by atoms with Gasteiger partial charge in [0, 0.05) is 44.0 Å². The SMILES string of the molecule is C[C@@H]1C(/N=C(/Nc2ccc3c(=O)n(CCc4ccc(F)cc4F)cnc3c2)N2CCN[C@@H](C)C2)C[C@H]2C[C@@H]1C2(C)C. The van der Waals surface area contributed by atoms with Gasteiger partial charge in [0.25, 0.3) is 5.56 Å². The highest BCUT2D eigenvalue weighted by molar-refractivity contribution is 5.96. The van der Waals surface area contributed by atoms with Crippen LogP contribution in [0.1, 0.15) is 46.1 Å². The van der Waals surface area contributed by atoms with Crippen molar-refractivity contribution >= 4 is 22.5 Å². The first-order valence-electron chi connectivity index (χ1n) is 14.9. The molecule has 2 heterocycles. The fourth-order valence-electron chi connectivity index (χ4n) is 7.26. The van der Waals surface area contributed by atoms with Crippen molar-refractivity contribution in [1.29, 1.82) is 0 Å². The molecule has 7 rings (SSSR count). The molecule has 2 N–H and O–H groups in total. The van der Waals surface area contributed by atoms with Gasteiger partial charge in [-0.15, -0.1) is 0 Å². The van der Waals surface area contributed by atoms with Gasteiger partial charge in [0.2, 0.25) is 0 Å². The number of halogens is 2. The molecule has 1 saturated heterocycles. The molecule has 0 spiro atoms. The summed E-state index contributed by atoms with van der Waals surface area (Å²) in [5, 5.41) is 7.61. The third kappa shape index (κ3) is 5.36. The van der Waals surface area contributed by atoms with Crippen molar-refractivity contribution in [2.45, 2.75) is 65.6 Å².